The van der Waals surface area contributed by atoms with Crippen LogP contribution in [-0.4, -0.2) is 23.9 Å². The van der Waals surface area contributed by atoms with Crippen LogP contribution in [0.1, 0.15) is 57.4 Å². The maximum absolute atomic E-state index is 10.3. The molecule has 1 aliphatic carbocycles. The maximum Gasteiger partial charge on any atom is 0.119 e. The van der Waals surface area contributed by atoms with Crippen molar-refractivity contribution in [2.24, 2.45) is 0 Å². The van der Waals surface area contributed by atoms with Gasteiger partial charge in [0.05, 0.1) is 12.2 Å². The Bertz CT molecular complexity index is 396. The minimum atomic E-state index is -0.470. The van der Waals surface area contributed by atoms with Crippen molar-refractivity contribution in [3.05, 3.63) is 29.8 Å². The zero-order valence-corrected chi connectivity index (χ0v) is 13.2. The Balaban J connectivity index is 1.67. The van der Waals surface area contributed by atoms with Gasteiger partial charge in [-0.25, -0.2) is 0 Å². The van der Waals surface area contributed by atoms with E-state index >= 15 is 0 Å². The summed E-state index contributed by atoms with van der Waals surface area (Å²) in [5, 5.41) is 13.6. The normalized spacial score (nSPS) is 17.0. The number of hydrogen-bond donors (Lipinski definition) is 2. The predicted octanol–water partition coefficient (Wildman–Crippen LogP) is 3.65. The zero-order chi connectivity index (χ0) is 15.0. The molecule has 0 unspecified atom stereocenters. The lowest BCUT2D eigenvalue weighted by Crippen LogP contribution is -2.37. The Labute approximate surface area is 128 Å². The molecule has 2 N–H and O–H groups in total. The summed E-state index contributed by atoms with van der Waals surface area (Å²) in [7, 11) is 0. The van der Waals surface area contributed by atoms with Gasteiger partial charge in [-0.15, -0.1) is 0 Å². The molecule has 1 fully saturated rings. The summed E-state index contributed by atoms with van der Waals surface area (Å²) in [4.78, 5) is 0. The van der Waals surface area contributed by atoms with E-state index in [0.717, 1.165) is 51.0 Å². The molecule has 3 heteroatoms. The van der Waals surface area contributed by atoms with E-state index in [4.69, 9.17) is 4.74 Å². The molecule has 0 bridgehead atoms. The first-order valence-corrected chi connectivity index (χ1v) is 8.37. The van der Waals surface area contributed by atoms with Gasteiger partial charge in [0.15, 0.2) is 0 Å². The van der Waals surface area contributed by atoms with Crippen molar-refractivity contribution in [2.45, 2.75) is 64.0 Å². The number of benzene rings is 1. The van der Waals surface area contributed by atoms with Crippen molar-refractivity contribution in [3.8, 4) is 5.75 Å². The molecule has 1 aromatic rings. The van der Waals surface area contributed by atoms with Gasteiger partial charge >= 0.3 is 0 Å². The molecular weight excluding hydrogens is 262 g/mol. The van der Waals surface area contributed by atoms with Crippen LogP contribution in [0.3, 0.4) is 0 Å². The number of unbranched alkanes of at least 4 members (excludes halogenated alkanes) is 2. The topological polar surface area (TPSA) is 41.5 Å². The Morgan fingerprint density at radius 3 is 2.52 bits per heavy atom. The molecule has 0 atom stereocenters. The van der Waals surface area contributed by atoms with Crippen LogP contribution in [0.25, 0.3) is 0 Å². The lowest BCUT2D eigenvalue weighted by atomic mass is 10.0. The molecule has 0 heterocycles. The summed E-state index contributed by atoms with van der Waals surface area (Å²) < 4.78 is 5.70. The Hall–Kier alpha value is -1.06. The fourth-order valence-electron chi connectivity index (χ4n) is 2.90. The molecule has 0 amide bonds. The first-order chi connectivity index (χ1) is 10.2. The van der Waals surface area contributed by atoms with E-state index in [9.17, 15) is 5.11 Å². The Morgan fingerprint density at radius 1 is 1.14 bits per heavy atom. The molecule has 1 aromatic carbocycles. The number of ether oxygens (including phenoxy) is 1. The van der Waals surface area contributed by atoms with E-state index in [1.807, 2.05) is 12.1 Å². The third-order valence-corrected chi connectivity index (χ3v) is 4.26. The first-order valence-electron chi connectivity index (χ1n) is 8.37. The van der Waals surface area contributed by atoms with Gasteiger partial charge in [-0.1, -0.05) is 44.7 Å². The third-order valence-electron chi connectivity index (χ3n) is 4.26. The van der Waals surface area contributed by atoms with Crippen LogP contribution >= 0.6 is 0 Å². The SMILES string of the molecule is CCCCCOc1ccc(CNCC2(O)CCCC2)cc1. The molecule has 2 rings (SSSR count). The van der Waals surface area contributed by atoms with E-state index < -0.39 is 5.60 Å². The lowest BCUT2D eigenvalue weighted by molar-refractivity contribution is 0.0475. The monoisotopic (exact) mass is 291 g/mol. The highest BCUT2D eigenvalue weighted by atomic mass is 16.5. The van der Waals surface area contributed by atoms with Gasteiger partial charge in [0.25, 0.3) is 0 Å². The van der Waals surface area contributed by atoms with Crippen LogP contribution < -0.4 is 10.1 Å². The van der Waals surface area contributed by atoms with Crippen molar-refractivity contribution in [3.63, 3.8) is 0 Å². The molecule has 118 valence electrons. The van der Waals surface area contributed by atoms with E-state index in [0.29, 0.717) is 6.54 Å². The molecule has 1 aliphatic rings. The van der Waals surface area contributed by atoms with Crippen molar-refractivity contribution in [2.75, 3.05) is 13.2 Å². The van der Waals surface area contributed by atoms with Crippen LogP contribution in [0, 0.1) is 0 Å². The van der Waals surface area contributed by atoms with Gasteiger partial charge in [0.1, 0.15) is 5.75 Å². The minimum absolute atomic E-state index is 0.470. The highest BCUT2D eigenvalue weighted by molar-refractivity contribution is 5.27. The van der Waals surface area contributed by atoms with Gasteiger partial charge in [0.2, 0.25) is 0 Å². The molecule has 3 nitrogen and oxygen atoms in total. The fraction of sp³-hybridized carbons (Fsp3) is 0.667. The third kappa shape index (κ3) is 5.68. The van der Waals surface area contributed by atoms with Crippen LogP contribution in [0.4, 0.5) is 0 Å². The quantitative estimate of drug-likeness (QED) is 0.682. The van der Waals surface area contributed by atoms with Crippen LogP contribution in [0.2, 0.25) is 0 Å². The highest BCUT2D eigenvalue weighted by Gasteiger charge is 2.30. The lowest BCUT2D eigenvalue weighted by Gasteiger charge is -2.22. The van der Waals surface area contributed by atoms with Crippen molar-refractivity contribution in [1.29, 1.82) is 0 Å². The predicted molar refractivity (Wildman–Crippen MR) is 86.6 cm³/mol. The second kappa shape index (κ2) is 8.40. The molecule has 0 spiro atoms. The van der Waals surface area contributed by atoms with E-state index in [-0.39, 0.29) is 0 Å². The van der Waals surface area contributed by atoms with Crippen molar-refractivity contribution < 1.29 is 9.84 Å². The van der Waals surface area contributed by atoms with Crippen molar-refractivity contribution in [1.82, 2.24) is 5.32 Å². The number of hydrogen-bond acceptors (Lipinski definition) is 3. The van der Waals surface area contributed by atoms with E-state index in [1.54, 1.807) is 0 Å². The van der Waals surface area contributed by atoms with Crippen LogP contribution in [-0.2, 0) is 6.54 Å². The largest absolute Gasteiger partial charge is 0.494 e. The smallest absolute Gasteiger partial charge is 0.119 e. The van der Waals surface area contributed by atoms with E-state index in [1.165, 1.54) is 18.4 Å². The van der Waals surface area contributed by atoms with E-state index in [2.05, 4.69) is 24.4 Å². The van der Waals surface area contributed by atoms with Gasteiger partial charge in [-0.2, -0.15) is 0 Å². The van der Waals surface area contributed by atoms with Crippen LogP contribution in [0.15, 0.2) is 24.3 Å². The molecule has 0 radical (unpaired) electrons. The molecule has 0 aliphatic heterocycles. The molecular formula is C18H29NO2. The van der Waals surface area contributed by atoms with Gasteiger partial charge in [0, 0.05) is 13.1 Å². The standard InChI is InChI=1S/C18H29NO2/c1-2-3-6-13-21-17-9-7-16(8-10-17)14-19-15-18(20)11-4-5-12-18/h7-10,19-20H,2-6,11-15H2,1H3. The summed E-state index contributed by atoms with van der Waals surface area (Å²) >= 11 is 0. The second-order valence-corrected chi connectivity index (χ2v) is 6.23. The van der Waals surface area contributed by atoms with Gasteiger partial charge < -0.3 is 15.2 Å². The summed E-state index contributed by atoms with van der Waals surface area (Å²) in [5.74, 6) is 0.948. The molecule has 21 heavy (non-hydrogen) atoms. The average Bonchev–Trinajstić information content (AvgIpc) is 2.92. The molecule has 0 aromatic heterocycles. The molecule has 0 saturated heterocycles. The minimum Gasteiger partial charge on any atom is -0.494 e. The first kappa shape index (κ1) is 16.3. The summed E-state index contributed by atoms with van der Waals surface area (Å²) in [5.41, 5.74) is 0.764. The maximum atomic E-state index is 10.3. The Morgan fingerprint density at radius 2 is 1.86 bits per heavy atom. The van der Waals surface area contributed by atoms with Gasteiger partial charge in [-0.3, -0.25) is 0 Å². The second-order valence-electron chi connectivity index (χ2n) is 6.23. The number of rotatable bonds is 9. The average molecular weight is 291 g/mol. The van der Waals surface area contributed by atoms with Crippen LogP contribution in [0.5, 0.6) is 5.75 Å². The zero-order valence-electron chi connectivity index (χ0n) is 13.2. The highest BCUT2D eigenvalue weighted by Crippen LogP contribution is 2.28. The van der Waals surface area contributed by atoms with Crippen molar-refractivity contribution >= 4 is 0 Å². The number of nitrogens with one attached hydrogen (secondary N) is 1. The summed E-state index contributed by atoms with van der Waals surface area (Å²) in [6, 6.07) is 8.27. The summed E-state index contributed by atoms with van der Waals surface area (Å²) in [6.07, 6.45) is 7.75. The fourth-order valence-corrected chi connectivity index (χ4v) is 2.90. The number of aliphatic hydroxyl groups is 1. The Kier molecular flexibility index (Phi) is 6.52. The summed E-state index contributed by atoms with van der Waals surface area (Å²) in [6.45, 7) is 4.50. The van der Waals surface area contributed by atoms with Gasteiger partial charge in [-0.05, 0) is 37.0 Å². The molecule has 1 saturated carbocycles.